The molecule has 0 N–H and O–H groups in total. The van der Waals surface area contributed by atoms with Gasteiger partial charge in [-0.2, -0.15) is 0 Å². The van der Waals surface area contributed by atoms with Crippen LogP contribution in [0.15, 0.2) is 0 Å². The van der Waals surface area contributed by atoms with Gasteiger partial charge in [-0.05, 0) is 49.0 Å². The van der Waals surface area contributed by atoms with Gasteiger partial charge < -0.3 is 0 Å². The number of hydrogen-bond donors (Lipinski definition) is 0. The minimum atomic E-state index is 0.405. The van der Waals surface area contributed by atoms with Crippen molar-refractivity contribution in [1.82, 2.24) is 9.97 Å². The van der Waals surface area contributed by atoms with Crippen LogP contribution in [0.1, 0.15) is 69.7 Å². The molecule has 0 amide bonds. The highest BCUT2D eigenvalue weighted by Gasteiger charge is 2.35. The van der Waals surface area contributed by atoms with Crippen LogP contribution < -0.4 is 0 Å². The first kappa shape index (κ1) is 13.5. The zero-order valence-electron chi connectivity index (χ0n) is 12.7. The normalized spacial score (nSPS) is 23.6. The second-order valence-electron chi connectivity index (χ2n) is 6.72. The average Bonchev–Trinajstić information content (AvgIpc) is 2.26. The number of fused-ring (bicyclic) bond motifs is 1. The van der Waals surface area contributed by atoms with E-state index in [0.29, 0.717) is 17.3 Å². The summed E-state index contributed by atoms with van der Waals surface area (Å²) in [5.41, 5.74) is 4.44. The molecular formula is C16H26N2. The molecule has 1 aromatic rings. The van der Waals surface area contributed by atoms with Gasteiger partial charge >= 0.3 is 0 Å². The Balaban J connectivity index is 2.45. The molecule has 2 heteroatoms. The number of aryl methyl sites for hydroxylation is 1. The predicted octanol–water partition coefficient (Wildman–Crippen LogP) is 4.06. The van der Waals surface area contributed by atoms with Crippen LogP contribution in [0.4, 0.5) is 0 Å². The van der Waals surface area contributed by atoms with Crippen molar-refractivity contribution in [3.63, 3.8) is 0 Å². The lowest BCUT2D eigenvalue weighted by molar-refractivity contribution is 0.183. The zero-order valence-corrected chi connectivity index (χ0v) is 12.7. The van der Waals surface area contributed by atoms with Gasteiger partial charge in [0, 0.05) is 5.69 Å². The van der Waals surface area contributed by atoms with Gasteiger partial charge in [-0.1, -0.05) is 34.6 Å². The number of aromatic nitrogens is 2. The first-order chi connectivity index (χ1) is 8.33. The van der Waals surface area contributed by atoms with Crippen molar-refractivity contribution in [1.29, 1.82) is 0 Å². The molecule has 0 fully saturated rings. The summed E-state index contributed by atoms with van der Waals surface area (Å²) in [6.45, 7) is 13.6. The predicted molar refractivity (Wildman–Crippen MR) is 75.8 cm³/mol. The van der Waals surface area contributed by atoms with Crippen molar-refractivity contribution in [2.45, 2.75) is 66.7 Å². The van der Waals surface area contributed by atoms with Gasteiger partial charge in [0.05, 0.1) is 5.69 Å². The van der Waals surface area contributed by atoms with E-state index in [4.69, 9.17) is 4.98 Å². The van der Waals surface area contributed by atoms with E-state index >= 15 is 0 Å². The summed E-state index contributed by atoms with van der Waals surface area (Å²) in [4.78, 5) is 9.39. The molecule has 1 atom stereocenters. The third-order valence-electron chi connectivity index (χ3n) is 4.69. The lowest BCUT2D eigenvalue weighted by atomic mass is 9.67. The fraction of sp³-hybridized carbons (Fsp3) is 0.750. The maximum absolute atomic E-state index is 4.72. The first-order valence-corrected chi connectivity index (χ1v) is 7.20. The Hall–Kier alpha value is -0.920. The highest BCUT2D eigenvalue weighted by Crippen LogP contribution is 2.41. The Bertz CT molecular complexity index is 449. The van der Waals surface area contributed by atoms with Crippen molar-refractivity contribution >= 4 is 0 Å². The summed E-state index contributed by atoms with van der Waals surface area (Å²) in [5.74, 6) is 2.15. The van der Waals surface area contributed by atoms with Crippen LogP contribution in [0.25, 0.3) is 0 Å². The Morgan fingerprint density at radius 3 is 2.33 bits per heavy atom. The molecule has 1 heterocycles. The summed E-state index contributed by atoms with van der Waals surface area (Å²) in [6.07, 6.45) is 3.53. The topological polar surface area (TPSA) is 25.8 Å². The maximum Gasteiger partial charge on any atom is 0.125 e. The standard InChI is InChI=1S/C16H26N2/c1-10(2)15-13-7-8-16(6,11(3)4)9-14(13)17-12(5)18-15/h10-11H,7-9H2,1-6H3. The summed E-state index contributed by atoms with van der Waals surface area (Å²) < 4.78 is 0. The van der Waals surface area contributed by atoms with Gasteiger partial charge in [0.25, 0.3) is 0 Å². The van der Waals surface area contributed by atoms with Gasteiger partial charge in [0.15, 0.2) is 0 Å². The van der Waals surface area contributed by atoms with Crippen LogP contribution in [0.3, 0.4) is 0 Å². The van der Waals surface area contributed by atoms with Gasteiger partial charge in [-0.25, -0.2) is 9.97 Å². The smallest absolute Gasteiger partial charge is 0.125 e. The fourth-order valence-electron chi connectivity index (χ4n) is 2.95. The lowest BCUT2D eigenvalue weighted by Crippen LogP contribution is -2.32. The van der Waals surface area contributed by atoms with Crippen LogP contribution in [-0.2, 0) is 12.8 Å². The Morgan fingerprint density at radius 1 is 1.11 bits per heavy atom. The van der Waals surface area contributed by atoms with Crippen molar-refractivity contribution in [2.24, 2.45) is 11.3 Å². The molecule has 0 radical (unpaired) electrons. The van der Waals surface area contributed by atoms with Crippen LogP contribution in [0, 0.1) is 18.3 Å². The summed E-state index contributed by atoms with van der Waals surface area (Å²) in [7, 11) is 0. The van der Waals surface area contributed by atoms with Crippen LogP contribution in [0.5, 0.6) is 0 Å². The second-order valence-corrected chi connectivity index (χ2v) is 6.72. The molecule has 0 aromatic carbocycles. The summed E-state index contributed by atoms with van der Waals surface area (Å²) in [5, 5.41) is 0. The zero-order chi connectivity index (χ0) is 13.5. The molecule has 0 saturated carbocycles. The molecule has 0 spiro atoms. The van der Waals surface area contributed by atoms with E-state index in [0.717, 1.165) is 18.7 Å². The average molecular weight is 246 g/mol. The first-order valence-electron chi connectivity index (χ1n) is 7.20. The van der Waals surface area contributed by atoms with Gasteiger partial charge in [0.2, 0.25) is 0 Å². The SMILES string of the molecule is Cc1nc2c(c(C(C)C)n1)CCC(C)(C(C)C)C2. The fourth-order valence-corrected chi connectivity index (χ4v) is 2.95. The van der Waals surface area contributed by atoms with Crippen molar-refractivity contribution in [3.8, 4) is 0 Å². The van der Waals surface area contributed by atoms with Crippen LogP contribution in [0.2, 0.25) is 0 Å². The highest BCUT2D eigenvalue weighted by molar-refractivity contribution is 5.31. The quantitative estimate of drug-likeness (QED) is 0.786. The molecule has 0 bridgehead atoms. The van der Waals surface area contributed by atoms with E-state index in [-0.39, 0.29) is 0 Å². The molecule has 0 saturated heterocycles. The Morgan fingerprint density at radius 2 is 1.78 bits per heavy atom. The van der Waals surface area contributed by atoms with Crippen molar-refractivity contribution < 1.29 is 0 Å². The molecule has 1 aliphatic rings. The number of rotatable bonds is 2. The minimum absolute atomic E-state index is 0.405. The van der Waals surface area contributed by atoms with E-state index in [2.05, 4.69) is 39.6 Å². The molecule has 0 aliphatic heterocycles. The Labute approximate surface area is 111 Å². The largest absolute Gasteiger partial charge is 0.238 e. The number of hydrogen-bond acceptors (Lipinski definition) is 2. The van der Waals surface area contributed by atoms with E-state index in [1.807, 2.05) is 6.92 Å². The van der Waals surface area contributed by atoms with Gasteiger partial charge in [-0.15, -0.1) is 0 Å². The molecule has 1 aliphatic carbocycles. The van der Waals surface area contributed by atoms with Gasteiger partial charge in [0.1, 0.15) is 5.82 Å². The highest BCUT2D eigenvalue weighted by atomic mass is 14.9. The van der Waals surface area contributed by atoms with Crippen molar-refractivity contribution in [3.05, 3.63) is 22.8 Å². The third kappa shape index (κ3) is 2.30. The van der Waals surface area contributed by atoms with E-state index in [1.165, 1.54) is 23.4 Å². The van der Waals surface area contributed by atoms with E-state index in [1.54, 1.807) is 0 Å². The van der Waals surface area contributed by atoms with Crippen LogP contribution >= 0.6 is 0 Å². The summed E-state index contributed by atoms with van der Waals surface area (Å²) >= 11 is 0. The second kappa shape index (κ2) is 4.64. The molecule has 2 rings (SSSR count). The molecule has 2 nitrogen and oxygen atoms in total. The molecular weight excluding hydrogens is 220 g/mol. The molecule has 1 aromatic heterocycles. The lowest BCUT2D eigenvalue weighted by Gasteiger charge is -2.38. The summed E-state index contributed by atoms with van der Waals surface area (Å²) in [6, 6.07) is 0. The Kier molecular flexibility index (Phi) is 3.48. The maximum atomic E-state index is 4.72. The van der Waals surface area contributed by atoms with E-state index < -0.39 is 0 Å². The van der Waals surface area contributed by atoms with E-state index in [9.17, 15) is 0 Å². The third-order valence-corrected chi connectivity index (χ3v) is 4.69. The molecule has 18 heavy (non-hydrogen) atoms. The van der Waals surface area contributed by atoms with Crippen LogP contribution in [-0.4, -0.2) is 9.97 Å². The number of nitrogens with zero attached hydrogens (tertiary/aromatic N) is 2. The molecule has 100 valence electrons. The van der Waals surface area contributed by atoms with Crippen molar-refractivity contribution in [2.75, 3.05) is 0 Å². The van der Waals surface area contributed by atoms with Gasteiger partial charge in [-0.3, -0.25) is 0 Å². The monoisotopic (exact) mass is 246 g/mol. The minimum Gasteiger partial charge on any atom is -0.238 e. The molecule has 1 unspecified atom stereocenters.